The van der Waals surface area contributed by atoms with Gasteiger partial charge in [0.15, 0.2) is 0 Å². The second-order valence-corrected chi connectivity index (χ2v) is 4.01. The average Bonchev–Trinajstić information content (AvgIpc) is 2.58. The van der Waals surface area contributed by atoms with E-state index in [1.54, 1.807) is 0 Å². The first-order valence-corrected chi connectivity index (χ1v) is 5.45. The number of rotatable bonds is 6. The maximum Gasteiger partial charge on any atom is 0.0522 e. The molecule has 0 amide bonds. The van der Waals surface area contributed by atoms with E-state index in [0.29, 0.717) is 0 Å². The smallest absolute Gasteiger partial charge is 0.0522 e. The molecule has 3 heteroatoms. The highest BCUT2D eigenvalue weighted by atomic mass is 15.3. The lowest BCUT2D eigenvalue weighted by molar-refractivity contribution is 0.470. The molecular formula is C11H21N3. The van der Waals surface area contributed by atoms with Crippen LogP contribution in [0.3, 0.4) is 0 Å². The summed E-state index contributed by atoms with van der Waals surface area (Å²) in [6, 6.07) is 2.09. The SMILES string of the molecule is CCNCc1ccnn1CCC(C)C. The molecule has 0 aliphatic heterocycles. The van der Waals surface area contributed by atoms with E-state index < -0.39 is 0 Å². The lowest BCUT2D eigenvalue weighted by Gasteiger charge is -2.09. The lowest BCUT2D eigenvalue weighted by atomic mass is 10.1. The van der Waals surface area contributed by atoms with Crippen molar-refractivity contribution >= 4 is 0 Å². The summed E-state index contributed by atoms with van der Waals surface area (Å²) in [6.45, 7) is 9.57. The highest BCUT2D eigenvalue weighted by Gasteiger charge is 2.02. The summed E-state index contributed by atoms with van der Waals surface area (Å²) in [5.41, 5.74) is 1.28. The van der Waals surface area contributed by atoms with Crippen molar-refractivity contribution in [3.8, 4) is 0 Å². The predicted octanol–water partition coefficient (Wildman–Crippen LogP) is 2.04. The Morgan fingerprint density at radius 1 is 1.50 bits per heavy atom. The maximum atomic E-state index is 4.32. The van der Waals surface area contributed by atoms with E-state index >= 15 is 0 Å². The topological polar surface area (TPSA) is 29.9 Å². The van der Waals surface area contributed by atoms with E-state index in [4.69, 9.17) is 0 Å². The van der Waals surface area contributed by atoms with Crippen molar-refractivity contribution in [2.24, 2.45) is 5.92 Å². The fourth-order valence-electron chi connectivity index (χ4n) is 1.35. The van der Waals surface area contributed by atoms with E-state index in [-0.39, 0.29) is 0 Å². The third kappa shape index (κ3) is 3.50. The van der Waals surface area contributed by atoms with Crippen molar-refractivity contribution in [2.75, 3.05) is 6.54 Å². The first-order valence-electron chi connectivity index (χ1n) is 5.45. The predicted molar refractivity (Wildman–Crippen MR) is 59.1 cm³/mol. The zero-order valence-corrected chi connectivity index (χ0v) is 9.45. The van der Waals surface area contributed by atoms with Gasteiger partial charge in [0.2, 0.25) is 0 Å². The number of nitrogens with one attached hydrogen (secondary N) is 1. The van der Waals surface area contributed by atoms with Crippen LogP contribution in [0.15, 0.2) is 12.3 Å². The Labute approximate surface area is 86.5 Å². The van der Waals surface area contributed by atoms with Crippen LogP contribution < -0.4 is 5.32 Å². The molecule has 1 rings (SSSR count). The van der Waals surface area contributed by atoms with Crippen molar-refractivity contribution in [3.63, 3.8) is 0 Å². The summed E-state index contributed by atoms with van der Waals surface area (Å²) < 4.78 is 2.10. The van der Waals surface area contributed by atoms with Gasteiger partial charge in [0.05, 0.1) is 5.69 Å². The van der Waals surface area contributed by atoms with E-state index in [9.17, 15) is 0 Å². The van der Waals surface area contributed by atoms with Gasteiger partial charge in [-0.15, -0.1) is 0 Å². The van der Waals surface area contributed by atoms with Crippen molar-refractivity contribution in [1.82, 2.24) is 15.1 Å². The number of hydrogen-bond acceptors (Lipinski definition) is 2. The van der Waals surface area contributed by atoms with E-state index in [1.165, 1.54) is 12.1 Å². The zero-order chi connectivity index (χ0) is 10.4. The van der Waals surface area contributed by atoms with Crippen LogP contribution >= 0.6 is 0 Å². The average molecular weight is 195 g/mol. The van der Waals surface area contributed by atoms with Crippen LogP contribution in [-0.2, 0) is 13.1 Å². The summed E-state index contributed by atoms with van der Waals surface area (Å²) in [5.74, 6) is 0.742. The number of aryl methyl sites for hydroxylation is 1. The minimum absolute atomic E-state index is 0.742. The molecule has 0 fully saturated rings. The van der Waals surface area contributed by atoms with Gasteiger partial charge in [-0.25, -0.2) is 0 Å². The first kappa shape index (κ1) is 11.2. The van der Waals surface area contributed by atoms with Crippen molar-refractivity contribution in [1.29, 1.82) is 0 Å². The highest BCUT2D eigenvalue weighted by molar-refractivity contribution is 4.99. The van der Waals surface area contributed by atoms with Gasteiger partial charge in [0.25, 0.3) is 0 Å². The molecule has 0 spiro atoms. The Hall–Kier alpha value is -0.830. The second-order valence-electron chi connectivity index (χ2n) is 4.01. The molecule has 0 saturated carbocycles. The molecule has 1 aromatic rings. The molecule has 0 aliphatic rings. The third-order valence-corrected chi connectivity index (χ3v) is 2.28. The zero-order valence-electron chi connectivity index (χ0n) is 9.45. The summed E-state index contributed by atoms with van der Waals surface area (Å²) in [6.07, 6.45) is 3.08. The lowest BCUT2D eigenvalue weighted by Crippen LogP contribution is -2.16. The molecule has 0 atom stereocenters. The Morgan fingerprint density at radius 3 is 2.93 bits per heavy atom. The van der Waals surface area contributed by atoms with Gasteiger partial charge in [-0.3, -0.25) is 4.68 Å². The Bertz CT molecular complexity index is 253. The number of hydrogen-bond donors (Lipinski definition) is 1. The molecule has 0 bridgehead atoms. The summed E-state index contributed by atoms with van der Waals surface area (Å²) in [4.78, 5) is 0. The highest BCUT2D eigenvalue weighted by Crippen LogP contribution is 2.05. The Balaban J connectivity index is 2.45. The van der Waals surface area contributed by atoms with Crippen LogP contribution in [0.25, 0.3) is 0 Å². The molecule has 80 valence electrons. The molecule has 0 aliphatic carbocycles. The minimum Gasteiger partial charge on any atom is -0.311 e. The standard InChI is InChI=1S/C11H21N3/c1-4-12-9-11-5-7-13-14(11)8-6-10(2)3/h5,7,10,12H,4,6,8-9H2,1-3H3. The van der Waals surface area contributed by atoms with Gasteiger partial charge in [0, 0.05) is 19.3 Å². The van der Waals surface area contributed by atoms with Crippen LogP contribution in [0.4, 0.5) is 0 Å². The molecule has 0 saturated heterocycles. The molecule has 14 heavy (non-hydrogen) atoms. The normalized spacial score (nSPS) is 11.1. The van der Waals surface area contributed by atoms with Crippen LogP contribution in [0.2, 0.25) is 0 Å². The van der Waals surface area contributed by atoms with Gasteiger partial charge in [0.1, 0.15) is 0 Å². The Kier molecular flexibility index (Phi) is 4.66. The fraction of sp³-hybridized carbons (Fsp3) is 0.727. The minimum atomic E-state index is 0.742. The van der Waals surface area contributed by atoms with E-state index in [0.717, 1.165) is 25.6 Å². The van der Waals surface area contributed by atoms with E-state index in [2.05, 4.69) is 41.9 Å². The van der Waals surface area contributed by atoms with E-state index in [1.807, 2.05) is 6.20 Å². The van der Waals surface area contributed by atoms with Gasteiger partial charge in [-0.05, 0) is 24.9 Å². The molecule has 0 unspecified atom stereocenters. The summed E-state index contributed by atoms with van der Waals surface area (Å²) >= 11 is 0. The largest absolute Gasteiger partial charge is 0.311 e. The van der Waals surface area contributed by atoms with Crippen LogP contribution in [-0.4, -0.2) is 16.3 Å². The molecule has 3 nitrogen and oxygen atoms in total. The second kappa shape index (κ2) is 5.81. The fourth-order valence-corrected chi connectivity index (χ4v) is 1.35. The van der Waals surface area contributed by atoms with Gasteiger partial charge in [-0.2, -0.15) is 5.10 Å². The van der Waals surface area contributed by atoms with Crippen molar-refractivity contribution in [3.05, 3.63) is 18.0 Å². The van der Waals surface area contributed by atoms with Crippen molar-refractivity contribution < 1.29 is 0 Å². The van der Waals surface area contributed by atoms with Gasteiger partial charge < -0.3 is 5.32 Å². The monoisotopic (exact) mass is 195 g/mol. The number of aromatic nitrogens is 2. The first-order chi connectivity index (χ1) is 6.74. The van der Waals surface area contributed by atoms with Crippen LogP contribution in [0, 0.1) is 5.92 Å². The summed E-state index contributed by atoms with van der Waals surface area (Å²) in [7, 11) is 0. The molecule has 0 aromatic carbocycles. The molecule has 1 heterocycles. The quantitative estimate of drug-likeness (QED) is 0.752. The third-order valence-electron chi connectivity index (χ3n) is 2.28. The Morgan fingerprint density at radius 2 is 2.29 bits per heavy atom. The molecule has 0 radical (unpaired) electrons. The van der Waals surface area contributed by atoms with Gasteiger partial charge in [-0.1, -0.05) is 20.8 Å². The van der Waals surface area contributed by atoms with Crippen molar-refractivity contribution in [2.45, 2.75) is 40.3 Å². The molecule has 1 aromatic heterocycles. The van der Waals surface area contributed by atoms with Crippen LogP contribution in [0.1, 0.15) is 32.9 Å². The maximum absolute atomic E-state index is 4.32. The van der Waals surface area contributed by atoms with Crippen LogP contribution in [0.5, 0.6) is 0 Å². The summed E-state index contributed by atoms with van der Waals surface area (Å²) in [5, 5.41) is 7.64. The molecular weight excluding hydrogens is 174 g/mol. The molecule has 1 N–H and O–H groups in total. The number of nitrogens with zero attached hydrogens (tertiary/aromatic N) is 2. The van der Waals surface area contributed by atoms with Gasteiger partial charge >= 0.3 is 0 Å².